The van der Waals surface area contributed by atoms with Gasteiger partial charge in [-0.1, -0.05) is 17.7 Å². The second kappa shape index (κ2) is 6.45. The van der Waals surface area contributed by atoms with E-state index < -0.39 is 10.8 Å². The van der Waals surface area contributed by atoms with Crippen LogP contribution in [0.5, 0.6) is 0 Å². The smallest absolute Gasteiger partial charge is 0.227 e. The fraction of sp³-hybridized carbons (Fsp3) is 0.583. The first-order chi connectivity index (χ1) is 15.4. The number of aliphatic hydroxyl groups is 1. The third-order valence-electron chi connectivity index (χ3n) is 8.43. The quantitative estimate of drug-likeness (QED) is 0.714. The summed E-state index contributed by atoms with van der Waals surface area (Å²) >= 11 is 6.22. The SMILES string of the molecule is O=[S@]1c2c(nc(N3CC4(Cc5ccc(Cl)cc5C4)C3)nc2NC2(CO)CCC2)CC12CC2. The van der Waals surface area contributed by atoms with Crippen molar-refractivity contribution in [2.24, 2.45) is 5.41 Å². The van der Waals surface area contributed by atoms with Gasteiger partial charge in [0, 0.05) is 29.9 Å². The van der Waals surface area contributed by atoms with Crippen molar-refractivity contribution in [1.82, 2.24) is 9.97 Å². The minimum atomic E-state index is -1.07. The average Bonchev–Trinajstić information content (AvgIpc) is 3.30. The second-order valence-corrected chi connectivity index (χ2v) is 13.1. The zero-order valence-electron chi connectivity index (χ0n) is 18.0. The number of anilines is 2. The first-order valence-corrected chi connectivity index (χ1v) is 13.2. The Morgan fingerprint density at radius 3 is 2.56 bits per heavy atom. The lowest BCUT2D eigenvalue weighted by Crippen LogP contribution is -2.58. The van der Waals surface area contributed by atoms with E-state index in [9.17, 15) is 9.32 Å². The van der Waals surface area contributed by atoms with Crippen LogP contribution in [0.15, 0.2) is 23.1 Å². The summed E-state index contributed by atoms with van der Waals surface area (Å²) < 4.78 is 13.2. The molecular weight excluding hydrogens is 444 g/mol. The summed E-state index contributed by atoms with van der Waals surface area (Å²) in [5.41, 5.74) is 3.64. The fourth-order valence-electron chi connectivity index (χ4n) is 6.22. The molecule has 0 radical (unpaired) electrons. The van der Waals surface area contributed by atoms with Crippen LogP contribution in [0.1, 0.15) is 48.9 Å². The number of aliphatic hydroxyl groups excluding tert-OH is 1. The Morgan fingerprint density at radius 1 is 1.09 bits per heavy atom. The second-order valence-electron chi connectivity index (χ2n) is 10.8. The van der Waals surface area contributed by atoms with E-state index in [0.29, 0.717) is 5.82 Å². The van der Waals surface area contributed by atoms with Gasteiger partial charge in [0.1, 0.15) is 10.7 Å². The van der Waals surface area contributed by atoms with E-state index in [1.165, 1.54) is 11.1 Å². The van der Waals surface area contributed by atoms with Crippen molar-refractivity contribution >= 4 is 34.2 Å². The molecule has 3 heterocycles. The van der Waals surface area contributed by atoms with E-state index in [1.807, 2.05) is 6.07 Å². The molecule has 32 heavy (non-hydrogen) atoms. The predicted molar refractivity (Wildman–Crippen MR) is 125 cm³/mol. The highest BCUT2D eigenvalue weighted by Gasteiger charge is 2.57. The van der Waals surface area contributed by atoms with E-state index in [2.05, 4.69) is 22.3 Å². The maximum absolute atomic E-state index is 13.3. The maximum Gasteiger partial charge on any atom is 0.227 e. The molecule has 0 unspecified atom stereocenters. The van der Waals surface area contributed by atoms with Crippen LogP contribution in [-0.4, -0.2) is 49.3 Å². The zero-order chi connectivity index (χ0) is 21.7. The highest BCUT2D eigenvalue weighted by molar-refractivity contribution is 7.87. The van der Waals surface area contributed by atoms with E-state index in [0.717, 1.165) is 86.0 Å². The predicted octanol–water partition coefficient (Wildman–Crippen LogP) is 3.26. The van der Waals surface area contributed by atoms with Gasteiger partial charge in [0.15, 0.2) is 0 Å². The lowest BCUT2D eigenvalue weighted by molar-refractivity contribution is 0.143. The third kappa shape index (κ3) is 2.77. The van der Waals surface area contributed by atoms with Gasteiger partial charge in [-0.15, -0.1) is 0 Å². The third-order valence-corrected chi connectivity index (χ3v) is 10.8. The van der Waals surface area contributed by atoms with Crippen LogP contribution in [0.4, 0.5) is 11.8 Å². The number of nitrogens with one attached hydrogen (secondary N) is 1. The van der Waals surface area contributed by atoms with Gasteiger partial charge < -0.3 is 15.3 Å². The molecule has 2 aromatic rings. The number of nitrogens with zero attached hydrogens (tertiary/aromatic N) is 3. The first-order valence-electron chi connectivity index (χ1n) is 11.7. The van der Waals surface area contributed by atoms with Crippen LogP contribution in [-0.2, 0) is 30.1 Å². The summed E-state index contributed by atoms with van der Waals surface area (Å²) in [5, 5.41) is 14.3. The van der Waals surface area contributed by atoms with E-state index in [1.54, 1.807) is 0 Å². The standard InChI is InChI=1S/C24H27ClN4O2S/c25-17-3-2-15-9-22(10-16(15)8-17)12-29(13-22)21-26-18-11-24(6-7-24)32(31)19(18)20(27-21)28-23(14-30)4-1-5-23/h2-3,8,30H,1,4-7,9-14H2,(H,26,27,28)/t32-/m0/s1. The molecule has 5 aliphatic rings. The van der Waals surface area contributed by atoms with Crippen LogP contribution in [0.25, 0.3) is 0 Å². The molecule has 3 aliphatic carbocycles. The van der Waals surface area contributed by atoms with Crippen LogP contribution >= 0.6 is 11.6 Å². The molecule has 7 rings (SSSR count). The number of hydrogen-bond donors (Lipinski definition) is 2. The Labute approximate surface area is 195 Å². The van der Waals surface area contributed by atoms with Crippen molar-refractivity contribution in [2.75, 3.05) is 29.9 Å². The fourth-order valence-corrected chi connectivity index (χ4v) is 8.19. The van der Waals surface area contributed by atoms with Crippen molar-refractivity contribution in [1.29, 1.82) is 0 Å². The highest BCUT2D eigenvalue weighted by Crippen LogP contribution is 2.54. The molecular formula is C24H27ClN4O2S. The van der Waals surface area contributed by atoms with Crippen molar-refractivity contribution in [2.45, 2.75) is 66.5 Å². The van der Waals surface area contributed by atoms with Gasteiger partial charge in [0.05, 0.1) is 33.4 Å². The van der Waals surface area contributed by atoms with Crippen LogP contribution in [0.2, 0.25) is 5.02 Å². The molecule has 1 aromatic carbocycles. The Hall–Kier alpha value is -1.70. The Kier molecular flexibility index (Phi) is 3.98. The summed E-state index contributed by atoms with van der Waals surface area (Å²) in [5.74, 6) is 1.44. The number of hydrogen-bond acceptors (Lipinski definition) is 6. The number of fused-ring (bicyclic) bond motifs is 2. The van der Waals surface area contributed by atoms with Gasteiger partial charge in [0.25, 0.3) is 0 Å². The van der Waals surface area contributed by atoms with E-state index in [-0.39, 0.29) is 22.3 Å². The molecule has 1 aromatic heterocycles. The van der Waals surface area contributed by atoms with Crippen molar-refractivity contribution < 1.29 is 9.32 Å². The molecule has 1 atom stereocenters. The molecule has 0 amide bonds. The van der Waals surface area contributed by atoms with Crippen LogP contribution in [0, 0.1) is 5.41 Å². The van der Waals surface area contributed by atoms with Gasteiger partial charge in [-0.2, -0.15) is 4.98 Å². The van der Waals surface area contributed by atoms with E-state index in [4.69, 9.17) is 21.6 Å². The molecule has 2 saturated carbocycles. The summed E-state index contributed by atoms with van der Waals surface area (Å²) in [6.07, 6.45) is 7.86. The summed E-state index contributed by atoms with van der Waals surface area (Å²) in [4.78, 5) is 12.9. The van der Waals surface area contributed by atoms with Crippen LogP contribution in [0.3, 0.4) is 0 Å². The Morgan fingerprint density at radius 2 is 1.88 bits per heavy atom. The van der Waals surface area contributed by atoms with Gasteiger partial charge in [-0.25, -0.2) is 4.98 Å². The summed E-state index contributed by atoms with van der Waals surface area (Å²) in [7, 11) is -1.07. The Balaban J connectivity index is 1.19. The van der Waals surface area contributed by atoms with Gasteiger partial charge in [-0.05, 0) is 68.2 Å². The van der Waals surface area contributed by atoms with Crippen molar-refractivity contribution in [3.8, 4) is 0 Å². The summed E-state index contributed by atoms with van der Waals surface area (Å²) in [6, 6.07) is 6.27. The van der Waals surface area contributed by atoms with Gasteiger partial charge >= 0.3 is 0 Å². The monoisotopic (exact) mass is 470 g/mol. The largest absolute Gasteiger partial charge is 0.394 e. The van der Waals surface area contributed by atoms with E-state index >= 15 is 0 Å². The molecule has 8 heteroatoms. The average molecular weight is 471 g/mol. The maximum atomic E-state index is 13.3. The first kappa shape index (κ1) is 19.7. The van der Waals surface area contributed by atoms with Crippen molar-refractivity contribution in [3.63, 3.8) is 0 Å². The lowest BCUT2D eigenvalue weighted by Gasteiger charge is -2.48. The normalized spacial score (nSPS) is 27.1. The topological polar surface area (TPSA) is 78.4 Å². The number of benzene rings is 1. The molecule has 6 nitrogen and oxygen atoms in total. The minimum absolute atomic E-state index is 0.0759. The number of aromatic nitrogens is 2. The van der Waals surface area contributed by atoms with Gasteiger partial charge in [0.2, 0.25) is 5.95 Å². The Bertz CT molecular complexity index is 1170. The molecule has 0 bridgehead atoms. The zero-order valence-corrected chi connectivity index (χ0v) is 19.6. The molecule has 3 fully saturated rings. The molecule has 2 N–H and O–H groups in total. The molecule has 2 spiro atoms. The van der Waals surface area contributed by atoms with Crippen molar-refractivity contribution in [3.05, 3.63) is 40.0 Å². The lowest BCUT2D eigenvalue weighted by atomic mass is 9.77. The minimum Gasteiger partial charge on any atom is -0.394 e. The summed E-state index contributed by atoms with van der Waals surface area (Å²) in [6.45, 7) is 1.93. The van der Waals surface area contributed by atoms with Gasteiger partial charge in [-0.3, -0.25) is 4.21 Å². The molecule has 1 saturated heterocycles. The van der Waals surface area contributed by atoms with Crippen LogP contribution < -0.4 is 10.2 Å². The molecule has 168 valence electrons. The molecule has 2 aliphatic heterocycles. The highest BCUT2D eigenvalue weighted by atomic mass is 35.5. The number of rotatable bonds is 4. The number of halogens is 1.